The molecule has 0 radical (unpaired) electrons. The van der Waals surface area contributed by atoms with Crippen molar-refractivity contribution < 1.29 is 9.47 Å². The molecule has 2 nitrogen and oxygen atoms in total. The summed E-state index contributed by atoms with van der Waals surface area (Å²) in [7, 11) is 1.84. The molecule has 0 fully saturated rings. The monoisotopic (exact) mass is 246 g/mol. The lowest BCUT2D eigenvalue weighted by molar-refractivity contribution is 0.0184. The molecule has 2 heteroatoms. The molecule has 0 spiro atoms. The van der Waals surface area contributed by atoms with Crippen LogP contribution in [0.4, 0.5) is 0 Å². The van der Waals surface area contributed by atoms with E-state index < -0.39 is 0 Å². The standard InChI is InChI=1S/C16H22O2/c1-16(2)9-11-6-7-12-10-18-8-4-5-13(12)14(11)15(16)17-3/h6-7,15H,4-5,8-10H2,1-3H3. The zero-order valence-electron chi connectivity index (χ0n) is 11.6. The summed E-state index contributed by atoms with van der Waals surface area (Å²) in [5, 5.41) is 0. The molecule has 1 aromatic carbocycles. The number of rotatable bonds is 1. The Balaban J connectivity index is 2.13. The molecule has 1 atom stereocenters. The summed E-state index contributed by atoms with van der Waals surface area (Å²) < 4.78 is 11.5. The SMILES string of the molecule is COC1c2c(ccc3c2CCCOC3)CC1(C)C. The quantitative estimate of drug-likeness (QED) is 0.756. The van der Waals surface area contributed by atoms with E-state index in [9.17, 15) is 0 Å². The molecule has 0 saturated carbocycles. The van der Waals surface area contributed by atoms with E-state index in [1.807, 2.05) is 7.11 Å². The van der Waals surface area contributed by atoms with Crippen molar-refractivity contribution in [2.75, 3.05) is 13.7 Å². The summed E-state index contributed by atoms with van der Waals surface area (Å²) in [6, 6.07) is 4.54. The maximum absolute atomic E-state index is 5.82. The third kappa shape index (κ3) is 1.79. The highest BCUT2D eigenvalue weighted by atomic mass is 16.5. The van der Waals surface area contributed by atoms with Crippen LogP contribution in [0.3, 0.4) is 0 Å². The molecular weight excluding hydrogens is 224 g/mol. The lowest BCUT2D eigenvalue weighted by Gasteiger charge is -2.27. The number of hydrogen-bond acceptors (Lipinski definition) is 2. The predicted octanol–water partition coefficient (Wildman–Crippen LogP) is 3.42. The van der Waals surface area contributed by atoms with Crippen molar-refractivity contribution in [3.63, 3.8) is 0 Å². The second-order valence-corrected chi connectivity index (χ2v) is 6.21. The minimum Gasteiger partial charge on any atom is -0.377 e. The van der Waals surface area contributed by atoms with Gasteiger partial charge in [-0.05, 0) is 46.9 Å². The molecule has 1 unspecified atom stereocenters. The molecule has 1 aliphatic carbocycles. The minimum absolute atomic E-state index is 0.208. The first-order valence-corrected chi connectivity index (χ1v) is 6.87. The normalized spacial score (nSPS) is 25.4. The molecule has 1 aromatic rings. The van der Waals surface area contributed by atoms with Gasteiger partial charge in [-0.15, -0.1) is 0 Å². The third-order valence-corrected chi connectivity index (χ3v) is 4.37. The number of methoxy groups -OCH3 is 1. The fourth-order valence-corrected chi connectivity index (χ4v) is 3.61. The van der Waals surface area contributed by atoms with Crippen LogP contribution in [0.2, 0.25) is 0 Å². The highest BCUT2D eigenvalue weighted by Gasteiger charge is 2.41. The summed E-state index contributed by atoms with van der Waals surface area (Å²) >= 11 is 0. The molecule has 1 heterocycles. The Morgan fingerprint density at radius 3 is 2.83 bits per heavy atom. The molecule has 0 aromatic heterocycles. The van der Waals surface area contributed by atoms with E-state index in [0.29, 0.717) is 0 Å². The molecule has 98 valence electrons. The van der Waals surface area contributed by atoms with Crippen LogP contribution in [-0.2, 0) is 28.9 Å². The van der Waals surface area contributed by atoms with Crippen molar-refractivity contribution in [1.82, 2.24) is 0 Å². The van der Waals surface area contributed by atoms with E-state index in [0.717, 1.165) is 32.5 Å². The van der Waals surface area contributed by atoms with Crippen LogP contribution in [0.5, 0.6) is 0 Å². The third-order valence-electron chi connectivity index (χ3n) is 4.37. The van der Waals surface area contributed by atoms with E-state index in [2.05, 4.69) is 26.0 Å². The Bertz CT molecular complexity index is 462. The Hall–Kier alpha value is -0.860. The molecule has 3 rings (SSSR count). The van der Waals surface area contributed by atoms with E-state index >= 15 is 0 Å². The van der Waals surface area contributed by atoms with Crippen LogP contribution in [0, 0.1) is 5.41 Å². The van der Waals surface area contributed by atoms with Gasteiger partial charge in [0.25, 0.3) is 0 Å². The molecule has 0 amide bonds. The van der Waals surface area contributed by atoms with Gasteiger partial charge < -0.3 is 9.47 Å². The second kappa shape index (κ2) is 4.36. The van der Waals surface area contributed by atoms with E-state index in [4.69, 9.17) is 9.47 Å². The molecular formula is C16H22O2. The van der Waals surface area contributed by atoms with E-state index in [1.165, 1.54) is 22.3 Å². The van der Waals surface area contributed by atoms with Crippen LogP contribution in [-0.4, -0.2) is 13.7 Å². The molecule has 0 bridgehead atoms. The number of hydrogen-bond donors (Lipinski definition) is 0. The largest absolute Gasteiger partial charge is 0.377 e. The van der Waals surface area contributed by atoms with Gasteiger partial charge >= 0.3 is 0 Å². The van der Waals surface area contributed by atoms with Crippen molar-refractivity contribution in [3.05, 3.63) is 34.4 Å². The van der Waals surface area contributed by atoms with Gasteiger partial charge in [-0.25, -0.2) is 0 Å². The summed E-state index contributed by atoms with van der Waals surface area (Å²) in [5.74, 6) is 0. The lowest BCUT2D eigenvalue weighted by Crippen LogP contribution is -2.19. The Labute approximate surface area is 109 Å². The Kier molecular flexibility index (Phi) is 2.95. The van der Waals surface area contributed by atoms with Crippen LogP contribution >= 0.6 is 0 Å². The van der Waals surface area contributed by atoms with Crippen molar-refractivity contribution in [2.24, 2.45) is 5.41 Å². The summed E-state index contributed by atoms with van der Waals surface area (Å²) in [6.45, 7) is 6.26. The topological polar surface area (TPSA) is 18.5 Å². The van der Waals surface area contributed by atoms with Crippen molar-refractivity contribution in [2.45, 2.75) is 45.8 Å². The van der Waals surface area contributed by atoms with Gasteiger partial charge in [0.15, 0.2) is 0 Å². The maximum Gasteiger partial charge on any atom is 0.0880 e. The summed E-state index contributed by atoms with van der Waals surface area (Å²) in [5.41, 5.74) is 6.02. The number of fused-ring (bicyclic) bond motifs is 3. The molecule has 2 aliphatic rings. The van der Waals surface area contributed by atoms with Gasteiger partial charge in [0, 0.05) is 13.7 Å². The van der Waals surface area contributed by atoms with E-state index in [-0.39, 0.29) is 11.5 Å². The second-order valence-electron chi connectivity index (χ2n) is 6.21. The predicted molar refractivity (Wildman–Crippen MR) is 71.7 cm³/mol. The van der Waals surface area contributed by atoms with Crippen molar-refractivity contribution in [3.8, 4) is 0 Å². The van der Waals surface area contributed by atoms with Gasteiger partial charge in [0.1, 0.15) is 0 Å². The van der Waals surface area contributed by atoms with Gasteiger partial charge in [-0.3, -0.25) is 0 Å². The average molecular weight is 246 g/mol. The molecule has 0 N–H and O–H groups in total. The van der Waals surface area contributed by atoms with Gasteiger partial charge in [-0.1, -0.05) is 26.0 Å². The van der Waals surface area contributed by atoms with Gasteiger partial charge in [0.05, 0.1) is 12.7 Å². The summed E-state index contributed by atoms with van der Waals surface area (Å²) in [6.07, 6.45) is 3.62. The van der Waals surface area contributed by atoms with Gasteiger partial charge in [-0.2, -0.15) is 0 Å². The molecule has 18 heavy (non-hydrogen) atoms. The maximum atomic E-state index is 5.82. The highest BCUT2D eigenvalue weighted by molar-refractivity contribution is 5.47. The van der Waals surface area contributed by atoms with Crippen molar-refractivity contribution >= 4 is 0 Å². The Morgan fingerprint density at radius 1 is 1.28 bits per heavy atom. The highest BCUT2D eigenvalue weighted by Crippen LogP contribution is 2.49. The van der Waals surface area contributed by atoms with Crippen LogP contribution in [0.15, 0.2) is 12.1 Å². The fraction of sp³-hybridized carbons (Fsp3) is 0.625. The van der Waals surface area contributed by atoms with E-state index in [1.54, 1.807) is 0 Å². The van der Waals surface area contributed by atoms with Crippen LogP contribution in [0.25, 0.3) is 0 Å². The zero-order valence-corrected chi connectivity index (χ0v) is 11.6. The first kappa shape index (κ1) is 12.2. The zero-order chi connectivity index (χ0) is 12.8. The van der Waals surface area contributed by atoms with Crippen LogP contribution < -0.4 is 0 Å². The number of benzene rings is 1. The smallest absolute Gasteiger partial charge is 0.0880 e. The Morgan fingerprint density at radius 2 is 2.06 bits per heavy atom. The summed E-state index contributed by atoms with van der Waals surface area (Å²) in [4.78, 5) is 0. The first-order valence-electron chi connectivity index (χ1n) is 6.87. The van der Waals surface area contributed by atoms with Crippen LogP contribution in [0.1, 0.15) is 48.6 Å². The fourth-order valence-electron chi connectivity index (χ4n) is 3.61. The molecule has 0 saturated heterocycles. The molecule has 1 aliphatic heterocycles. The lowest BCUT2D eigenvalue weighted by atomic mass is 9.86. The first-order chi connectivity index (χ1) is 8.63. The number of ether oxygens (including phenoxy) is 2. The van der Waals surface area contributed by atoms with Crippen molar-refractivity contribution in [1.29, 1.82) is 0 Å². The minimum atomic E-state index is 0.208. The average Bonchev–Trinajstić information content (AvgIpc) is 2.51. The van der Waals surface area contributed by atoms with Gasteiger partial charge in [0.2, 0.25) is 0 Å².